The van der Waals surface area contributed by atoms with Gasteiger partial charge in [-0.05, 0) is 31.2 Å². The van der Waals surface area contributed by atoms with Gasteiger partial charge in [-0.2, -0.15) is 0 Å². The van der Waals surface area contributed by atoms with Crippen LogP contribution in [0.4, 0.5) is 0 Å². The van der Waals surface area contributed by atoms with Crippen molar-refractivity contribution in [1.82, 2.24) is 0 Å². The lowest BCUT2D eigenvalue weighted by atomic mass is 10.1. The minimum Gasteiger partial charge on any atom is -0.492 e. The molecule has 7 heteroatoms. The van der Waals surface area contributed by atoms with E-state index in [1.165, 1.54) is 24.3 Å². The average molecular weight is 392 g/mol. The summed E-state index contributed by atoms with van der Waals surface area (Å²) in [5.74, 6) is -0.572. The molecule has 138 valence electrons. The van der Waals surface area contributed by atoms with E-state index in [4.69, 9.17) is 4.74 Å². The monoisotopic (exact) mass is 392 g/mol. The summed E-state index contributed by atoms with van der Waals surface area (Å²) in [7, 11) is -7.31. The van der Waals surface area contributed by atoms with E-state index in [1.54, 1.807) is 50.2 Å². The van der Waals surface area contributed by atoms with E-state index in [2.05, 4.69) is 0 Å². The van der Waals surface area contributed by atoms with Gasteiger partial charge in [-0.15, -0.1) is 0 Å². The van der Waals surface area contributed by atoms with Gasteiger partial charge in [-0.3, -0.25) is 0 Å². The molecule has 2 atom stereocenters. The van der Waals surface area contributed by atoms with Crippen LogP contribution in [0, 0.1) is 5.92 Å². The maximum Gasteiger partial charge on any atom is 0.206 e. The number of ether oxygens (including phenoxy) is 1. The first-order chi connectivity index (χ1) is 12.2. The van der Waals surface area contributed by atoms with Gasteiger partial charge >= 0.3 is 0 Å². The van der Waals surface area contributed by atoms with Crippen molar-refractivity contribution >= 4 is 19.7 Å². The number of rotatable bonds is 5. The zero-order valence-corrected chi connectivity index (χ0v) is 16.1. The van der Waals surface area contributed by atoms with Gasteiger partial charge in [-0.1, -0.05) is 43.3 Å². The first-order valence-electron chi connectivity index (χ1n) is 8.19. The van der Waals surface area contributed by atoms with Gasteiger partial charge in [0.2, 0.25) is 9.84 Å². The first kappa shape index (κ1) is 18.7. The molecule has 0 fully saturated rings. The highest BCUT2D eigenvalue weighted by molar-refractivity contribution is 7.95. The number of benzene rings is 2. The Morgan fingerprint density at radius 2 is 1.35 bits per heavy atom. The van der Waals surface area contributed by atoms with E-state index in [0.717, 1.165) is 0 Å². The van der Waals surface area contributed by atoms with Crippen molar-refractivity contribution in [2.45, 2.75) is 29.7 Å². The smallest absolute Gasteiger partial charge is 0.206 e. The van der Waals surface area contributed by atoms with E-state index < -0.39 is 31.7 Å². The second-order valence-electron chi connectivity index (χ2n) is 6.28. The van der Waals surface area contributed by atoms with E-state index in [0.29, 0.717) is 0 Å². The van der Waals surface area contributed by atoms with Crippen LogP contribution in [0.15, 0.2) is 81.1 Å². The van der Waals surface area contributed by atoms with Crippen molar-refractivity contribution < 1.29 is 21.6 Å². The average Bonchev–Trinajstić information content (AvgIpc) is 2.90. The van der Waals surface area contributed by atoms with E-state index in [-0.39, 0.29) is 26.2 Å². The molecule has 0 amide bonds. The lowest BCUT2D eigenvalue weighted by Gasteiger charge is -2.17. The maximum atomic E-state index is 12.9. The summed E-state index contributed by atoms with van der Waals surface area (Å²) in [6, 6.07) is 16.2. The predicted octanol–water partition coefficient (Wildman–Crippen LogP) is 3.20. The Labute approximate surface area is 154 Å². The number of sulfone groups is 2. The van der Waals surface area contributed by atoms with Crippen LogP contribution in [-0.4, -0.2) is 28.7 Å². The molecule has 0 aliphatic carbocycles. The zero-order chi connectivity index (χ0) is 18.9. The molecular formula is C19H20O5S2. The van der Waals surface area contributed by atoms with Crippen LogP contribution >= 0.6 is 0 Å². The summed E-state index contributed by atoms with van der Waals surface area (Å²) in [5, 5.41) is 0. The third-order valence-corrected chi connectivity index (χ3v) is 8.36. The lowest BCUT2D eigenvalue weighted by molar-refractivity contribution is 0.138. The normalized spacial score (nSPS) is 20.8. The van der Waals surface area contributed by atoms with Gasteiger partial charge in [0.25, 0.3) is 0 Å². The Bertz CT molecular complexity index is 1020. The number of allylic oxidation sites excluding steroid dienone is 1. The van der Waals surface area contributed by atoms with Crippen LogP contribution in [0.5, 0.6) is 0 Å². The van der Waals surface area contributed by atoms with Crippen molar-refractivity contribution in [3.63, 3.8) is 0 Å². The highest BCUT2D eigenvalue weighted by Crippen LogP contribution is 2.38. The predicted molar refractivity (Wildman–Crippen MR) is 98.9 cm³/mol. The second kappa shape index (κ2) is 6.89. The van der Waals surface area contributed by atoms with Crippen LogP contribution in [0.1, 0.15) is 13.8 Å². The molecule has 0 bridgehead atoms. The molecule has 0 radical (unpaired) electrons. The molecular weight excluding hydrogens is 372 g/mol. The maximum absolute atomic E-state index is 12.9. The minimum absolute atomic E-state index is 0.150. The molecule has 3 rings (SSSR count). The standard InChI is InChI=1S/C19H20O5S2/c1-14-18(13-25(20,21)16-9-5-3-6-10-16)24-15(2)19(14)26(22,23)17-11-7-4-8-12-17/h3-12,14,18H,13H2,1-2H3/t14-,18-/m1/s1. The summed E-state index contributed by atoms with van der Waals surface area (Å²) in [6.07, 6.45) is -0.742. The Morgan fingerprint density at radius 1 is 0.846 bits per heavy atom. The van der Waals surface area contributed by atoms with Crippen molar-refractivity contribution in [1.29, 1.82) is 0 Å². The molecule has 26 heavy (non-hydrogen) atoms. The van der Waals surface area contributed by atoms with Crippen molar-refractivity contribution in [3.05, 3.63) is 71.3 Å². The summed E-state index contributed by atoms with van der Waals surface area (Å²) >= 11 is 0. The SMILES string of the molecule is CC1=C(S(=O)(=O)c2ccccc2)[C@H](C)[C@@H](CS(=O)(=O)c2ccccc2)O1. The second-order valence-corrected chi connectivity index (χ2v) is 10.2. The number of hydrogen-bond donors (Lipinski definition) is 0. The van der Waals surface area contributed by atoms with Crippen molar-refractivity contribution in [2.24, 2.45) is 5.92 Å². The molecule has 5 nitrogen and oxygen atoms in total. The first-order valence-corrected chi connectivity index (χ1v) is 11.3. The highest BCUT2D eigenvalue weighted by Gasteiger charge is 2.41. The molecule has 0 unspecified atom stereocenters. The molecule has 2 aromatic rings. The number of hydrogen-bond acceptors (Lipinski definition) is 5. The van der Waals surface area contributed by atoms with E-state index in [9.17, 15) is 16.8 Å². The molecule has 2 aromatic carbocycles. The third-order valence-electron chi connectivity index (χ3n) is 4.48. The zero-order valence-electron chi connectivity index (χ0n) is 14.5. The van der Waals surface area contributed by atoms with Crippen LogP contribution in [-0.2, 0) is 24.4 Å². The molecule has 0 N–H and O–H groups in total. The van der Waals surface area contributed by atoms with Gasteiger partial charge < -0.3 is 4.74 Å². The molecule has 1 aliphatic rings. The van der Waals surface area contributed by atoms with Gasteiger partial charge in [0.1, 0.15) is 11.9 Å². The Hall–Kier alpha value is -2.12. The van der Waals surface area contributed by atoms with Gasteiger partial charge in [0.15, 0.2) is 9.84 Å². The van der Waals surface area contributed by atoms with Gasteiger partial charge in [0, 0.05) is 5.92 Å². The topological polar surface area (TPSA) is 77.5 Å². The van der Waals surface area contributed by atoms with E-state index in [1.807, 2.05) is 0 Å². The Balaban J connectivity index is 1.88. The minimum atomic E-state index is -3.73. The van der Waals surface area contributed by atoms with Crippen molar-refractivity contribution in [3.8, 4) is 0 Å². The molecule has 1 heterocycles. The molecule has 0 saturated heterocycles. The molecule has 1 aliphatic heterocycles. The molecule has 0 saturated carbocycles. The lowest BCUT2D eigenvalue weighted by Crippen LogP contribution is -2.27. The van der Waals surface area contributed by atoms with Crippen LogP contribution < -0.4 is 0 Å². The molecule has 0 aromatic heterocycles. The van der Waals surface area contributed by atoms with Gasteiger partial charge in [0.05, 0.1) is 20.4 Å². The fourth-order valence-corrected chi connectivity index (χ4v) is 6.55. The van der Waals surface area contributed by atoms with Crippen LogP contribution in [0.25, 0.3) is 0 Å². The summed E-state index contributed by atoms with van der Waals surface area (Å²) < 4.78 is 56.8. The Kier molecular flexibility index (Phi) is 4.94. The fourth-order valence-electron chi connectivity index (χ4n) is 3.16. The Morgan fingerprint density at radius 3 is 1.88 bits per heavy atom. The van der Waals surface area contributed by atoms with Crippen molar-refractivity contribution in [2.75, 3.05) is 5.75 Å². The largest absolute Gasteiger partial charge is 0.492 e. The highest BCUT2D eigenvalue weighted by atomic mass is 32.2. The summed E-state index contributed by atoms with van der Waals surface area (Å²) in [5.41, 5.74) is 0. The summed E-state index contributed by atoms with van der Waals surface area (Å²) in [6.45, 7) is 3.26. The summed E-state index contributed by atoms with van der Waals surface area (Å²) in [4.78, 5) is 0.529. The van der Waals surface area contributed by atoms with Crippen LogP contribution in [0.3, 0.4) is 0 Å². The molecule has 0 spiro atoms. The van der Waals surface area contributed by atoms with Gasteiger partial charge in [-0.25, -0.2) is 16.8 Å². The third kappa shape index (κ3) is 3.41. The van der Waals surface area contributed by atoms with Crippen LogP contribution in [0.2, 0.25) is 0 Å². The quantitative estimate of drug-likeness (QED) is 0.781. The van der Waals surface area contributed by atoms with E-state index >= 15 is 0 Å². The fraction of sp³-hybridized carbons (Fsp3) is 0.263.